The number of benzene rings is 1. The summed E-state index contributed by atoms with van der Waals surface area (Å²) >= 11 is 6.24. The highest BCUT2D eigenvalue weighted by molar-refractivity contribution is 6.28. The number of carbonyl (C=O) groups is 1. The molecule has 2 aromatic rings. The summed E-state index contributed by atoms with van der Waals surface area (Å²) in [5.41, 5.74) is 2.78. The number of carbonyl (C=O) groups excluding carboxylic acids is 1. The Kier molecular flexibility index (Phi) is 9.14. The average molecular weight is 536 g/mol. The van der Waals surface area contributed by atoms with Gasteiger partial charge in [-0.1, -0.05) is 24.6 Å². The summed E-state index contributed by atoms with van der Waals surface area (Å²) in [6.45, 7) is 3.73. The van der Waals surface area contributed by atoms with Crippen molar-refractivity contribution in [2.45, 2.75) is 77.2 Å². The maximum absolute atomic E-state index is 14.2. The monoisotopic (exact) mass is 535 g/mol. The van der Waals surface area contributed by atoms with Crippen molar-refractivity contribution in [2.75, 3.05) is 25.1 Å². The van der Waals surface area contributed by atoms with Crippen LogP contribution in [-0.2, 0) is 28.3 Å². The fourth-order valence-corrected chi connectivity index (χ4v) is 5.85. The highest BCUT2D eigenvalue weighted by Crippen LogP contribution is 2.37. The van der Waals surface area contributed by atoms with Crippen LogP contribution in [0, 0.1) is 18.8 Å². The minimum Gasteiger partial charge on any atom is -0.390 e. The van der Waals surface area contributed by atoms with Gasteiger partial charge >= 0.3 is 0 Å². The summed E-state index contributed by atoms with van der Waals surface area (Å²) < 4.78 is 34.0. The molecule has 0 radical (unpaired) electrons. The Bertz CT molecular complexity index is 1110. The van der Waals surface area contributed by atoms with Crippen molar-refractivity contribution in [3.05, 3.63) is 51.4 Å². The van der Waals surface area contributed by atoms with Crippen molar-refractivity contribution in [2.24, 2.45) is 11.8 Å². The summed E-state index contributed by atoms with van der Waals surface area (Å²) in [6.07, 6.45) is 6.62. The number of anilines is 1. The molecule has 0 spiro atoms. The standard InChI is InChI=1S/C28H36ClF2N3O3/c1-17-21(7-5-8-23(17)28(30,31)16-35)18(2)32-26-22-14-19(15-24(22)33-27(29)34-26)9-10-25(36)20-6-3-4-12-37-13-11-20/h5,7-8,18-20,35H,3-4,6,9-16H2,1-2H3,(H,32,33,34). The summed E-state index contributed by atoms with van der Waals surface area (Å²) in [5.74, 6) is -2.01. The van der Waals surface area contributed by atoms with Gasteiger partial charge in [-0.05, 0) is 81.0 Å². The quantitative estimate of drug-likeness (QED) is 0.385. The van der Waals surface area contributed by atoms with Gasteiger partial charge in [0.2, 0.25) is 5.28 Å². The molecule has 0 amide bonds. The third kappa shape index (κ3) is 6.65. The first-order valence-corrected chi connectivity index (χ1v) is 13.6. The zero-order chi connectivity index (χ0) is 26.6. The topological polar surface area (TPSA) is 84.3 Å². The number of fused-ring (bicyclic) bond motifs is 1. The molecule has 1 aliphatic carbocycles. The molecule has 1 saturated heterocycles. The molecule has 1 fully saturated rings. The maximum Gasteiger partial charge on any atom is 0.296 e. The first kappa shape index (κ1) is 27.9. The van der Waals surface area contributed by atoms with E-state index in [0.29, 0.717) is 35.8 Å². The molecule has 0 bridgehead atoms. The number of ether oxygens (including phenoxy) is 1. The SMILES string of the molecule is Cc1c(C(C)Nc2nc(Cl)nc3c2CC(CCC(=O)C2CCCCOCC2)C3)cccc1C(F)(F)CO. The summed E-state index contributed by atoms with van der Waals surface area (Å²) in [4.78, 5) is 21.8. The average Bonchev–Trinajstić information content (AvgIpc) is 3.25. The van der Waals surface area contributed by atoms with Crippen LogP contribution in [0.1, 0.15) is 79.4 Å². The van der Waals surface area contributed by atoms with Gasteiger partial charge in [-0.15, -0.1) is 0 Å². The lowest BCUT2D eigenvalue weighted by Gasteiger charge is -2.23. The van der Waals surface area contributed by atoms with E-state index in [1.807, 2.05) is 6.92 Å². The van der Waals surface area contributed by atoms with Gasteiger partial charge in [0, 0.05) is 36.7 Å². The molecule has 0 saturated carbocycles. The predicted octanol–water partition coefficient (Wildman–Crippen LogP) is 5.97. The van der Waals surface area contributed by atoms with E-state index in [1.54, 1.807) is 19.1 Å². The molecule has 2 N–H and O–H groups in total. The number of halogens is 3. The van der Waals surface area contributed by atoms with E-state index in [0.717, 1.165) is 62.8 Å². The molecular formula is C28H36ClF2N3O3. The van der Waals surface area contributed by atoms with Crippen molar-refractivity contribution >= 4 is 23.2 Å². The highest BCUT2D eigenvalue weighted by Gasteiger charge is 2.34. The molecule has 202 valence electrons. The second kappa shape index (κ2) is 12.1. The molecule has 4 rings (SSSR count). The number of nitrogens with zero attached hydrogens (tertiary/aromatic N) is 2. The van der Waals surface area contributed by atoms with Crippen LogP contribution in [0.5, 0.6) is 0 Å². The Morgan fingerprint density at radius 2 is 2.05 bits per heavy atom. The van der Waals surface area contributed by atoms with Crippen molar-refractivity contribution in [3.63, 3.8) is 0 Å². The van der Waals surface area contributed by atoms with E-state index < -0.39 is 12.5 Å². The van der Waals surface area contributed by atoms with Crippen molar-refractivity contribution in [3.8, 4) is 0 Å². The Hall–Kier alpha value is -2.16. The molecule has 3 unspecified atom stereocenters. The number of aromatic nitrogens is 2. The smallest absolute Gasteiger partial charge is 0.296 e. The van der Waals surface area contributed by atoms with Crippen LogP contribution in [0.3, 0.4) is 0 Å². The van der Waals surface area contributed by atoms with E-state index in [9.17, 15) is 13.6 Å². The summed E-state index contributed by atoms with van der Waals surface area (Å²) in [7, 11) is 0. The van der Waals surface area contributed by atoms with Crippen LogP contribution in [0.25, 0.3) is 0 Å². The van der Waals surface area contributed by atoms with Crippen LogP contribution < -0.4 is 5.32 Å². The van der Waals surface area contributed by atoms with E-state index in [1.165, 1.54) is 6.07 Å². The van der Waals surface area contributed by atoms with Crippen LogP contribution in [0.4, 0.5) is 14.6 Å². The molecular weight excluding hydrogens is 500 g/mol. The van der Waals surface area contributed by atoms with E-state index >= 15 is 0 Å². The number of alkyl halides is 2. The number of Topliss-reactive ketones (excluding diaryl/α,β-unsaturated/α-hetero) is 1. The lowest BCUT2D eigenvalue weighted by atomic mass is 9.88. The number of rotatable bonds is 9. The number of ketones is 1. The molecule has 3 atom stereocenters. The fraction of sp³-hybridized carbons (Fsp3) is 0.607. The number of aliphatic hydroxyl groups is 1. The van der Waals surface area contributed by atoms with Crippen LogP contribution in [0.2, 0.25) is 5.28 Å². The largest absolute Gasteiger partial charge is 0.390 e. The molecule has 9 heteroatoms. The van der Waals surface area contributed by atoms with E-state index in [2.05, 4.69) is 15.3 Å². The van der Waals surface area contributed by atoms with Gasteiger partial charge in [-0.25, -0.2) is 9.97 Å². The van der Waals surface area contributed by atoms with Gasteiger partial charge in [0.1, 0.15) is 18.2 Å². The number of hydrogen-bond acceptors (Lipinski definition) is 6. The van der Waals surface area contributed by atoms with Crippen molar-refractivity contribution in [1.82, 2.24) is 9.97 Å². The van der Waals surface area contributed by atoms with Gasteiger partial charge in [0.05, 0.1) is 11.7 Å². The van der Waals surface area contributed by atoms with Gasteiger partial charge in [0.25, 0.3) is 5.92 Å². The first-order chi connectivity index (χ1) is 17.7. The molecule has 2 heterocycles. The minimum atomic E-state index is -3.31. The lowest BCUT2D eigenvalue weighted by Crippen LogP contribution is -2.21. The van der Waals surface area contributed by atoms with Crippen LogP contribution >= 0.6 is 11.6 Å². The van der Waals surface area contributed by atoms with Gasteiger partial charge < -0.3 is 15.2 Å². The highest BCUT2D eigenvalue weighted by atomic mass is 35.5. The Labute approximate surface area is 222 Å². The van der Waals surface area contributed by atoms with E-state index in [4.69, 9.17) is 21.4 Å². The zero-order valence-corrected chi connectivity index (χ0v) is 22.3. The molecule has 6 nitrogen and oxygen atoms in total. The Balaban J connectivity index is 1.43. The molecule has 1 aromatic carbocycles. The molecule has 2 aliphatic rings. The second-order valence-electron chi connectivity index (χ2n) is 10.4. The van der Waals surface area contributed by atoms with Gasteiger partial charge in [0.15, 0.2) is 0 Å². The van der Waals surface area contributed by atoms with Gasteiger partial charge in [-0.2, -0.15) is 8.78 Å². The molecule has 37 heavy (non-hydrogen) atoms. The molecule has 1 aromatic heterocycles. The maximum atomic E-state index is 14.2. The first-order valence-electron chi connectivity index (χ1n) is 13.2. The van der Waals surface area contributed by atoms with Crippen molar-refractivity contribution < 1.29 is 23.4 Å². The van der Waals surface area contributed by atoms with Crippen molar-refractivity contribution in [1.29, 1.82) is 0 Å². The Morgan fingerprint density at radius 1 is 1.24 bits per heavy atom. The molecule has 1 aliphatic heterocycles. The van der Waals surface area contributed by atoms with Gasteiger partial charge in [-0.3, -0.25) is 4.79 Å². The zero-order valence-electron chi connectivity index (χ0n) is 21.5. The fourth-order valence-electron chi connectivity index (χ4n) is 5.67. The minimum absolute atomic E-state index is 0.0913. The Morgan fingerprint density at radius 3 is 2.84 bits per heavy atom. The number of aliphatic hydroxyl groups excluding tert-OH is 1. The van der Waals surface area contributed by atoms with Crippen LogP contribution in [-0.4, -0.2) is 40.7 Å². The normalized spacial score (nSPS) is 21.1. The summed E-state index contributed by atoms with van der Waals surface area (Å²) in [5, 5.41) is 12.6. The van der Waals surface area contributed by atoms with E-state index in [-0.39, 0.29) is 28.7 Å². The third-order valence-corrected chi connectivity index (χ3v) is 7.95. The predicted molar refractivity (Wildman–Crippen MR) is 139 cm³/mol. The van der Waals surface area contributed by atoms with Crippen LogP contribution in [0.15, 0.2) is 18.2 Å². The number of hydrogen-bond donors (Lipinski definition) is 2. The summed E-state index contributed by atoms with van der Waals surface area (Å²) in [6, 6.07) is 4.39. The third-order valence-electron chi connectivity index (χ3n) is 7.78. The lowest BCUT2D eigenvalue weighted by molar-refractivity contribution is -0.124. The number of nitrogens with one attached hydrogen (secondary N) is 1. The second-order valence-corrected chi connectivity index (χ2v) is 10.7.